The standard InChI is InChI=1S/C19H19N11O/c31-19(27-15-6-18(25-10-22-15)30-13-21-9-26-30)14-2-1-4-28(8-14)16-7-17(24-11-23-16)29-5-3-20-12-29/h3,5-7,9-14H,1-2,4,8H2,(H,22,25,27,31). The van der Waals surface area contributed by atoms with Gasteiger partial charge in [0.2, 0.25) is 5.91 Å². The summed E-state index contributed by atoms with van der Waals surface area (Å²) in [5.41, 5.74) is 0. The Morgan fingerprint density at radius 1 is 0.968 bits per heavy atom. The van der Waals surface area contributed by atoms with Crippen molar-refractivity contribution in [3.8, 4) is 11.6 Å². The van der Waals surface area contributed by atoms with E-state index in [1.54, 1.807) is 18.6 Å². The van der Waals surface area contributed by atoms with E-state index in [0.29, 0.717) is 18.2 Å². The maximum atomic E-state index is 12.9. The van der Waals surface area contributed by atoms with E-state index in [-0.39, 0.29) is 11.8 Å². The molecule has 1 fully saturated rings. The van der Waals surface area contributed by atoms with E-state index in [0.717, 1.165) is 31.0 Å². The first-order valence-corrected chi connectivity index (χ1v) is 9.79. The van der Waals surface area contributed by atoms with Crippen LogP contribution in [0.4, 0.5) is 11.6 Å². The third kappa shape index (κ3) is 4.08. The molecule has 4 aromatic rings. The van der Waals surface area contributed by atoms with Crippen molar-refractivity contribution in [3.05, 3.63) is 56.2 Å². The smallest absolute Gasteiger partial charge is 0.230 e. The number of aromatic nitrogens is 9. The van der Waals surface area contributed by atoms with Crippen molar-refractivity contribution in [2.45, 2.75) is 12.8 Å². The predicted molar refractivity (Wildman–Crippen MR) is 110 cm³/mol. The average molecular weight is 417 g/mol. The SMILES string of the molecule is O=C(Nc1cc(-n2cncn2)ncn1)C1CCCN(c2cc(-n3ccnc3)ncn2)C1. The topological polar surface area (TPSA) is 132 Å². The van der Waals surface area contributed by atoms with Crippen molar-refractivity contribution in [1.29, 1.82) is 0 Å². The molecule has 0 bridgehead atoms. The minimum Gasteiger partial charge on any atom is -0.356 e. The van der Waals surface area contributed by atoms with E-state index in [1.165, 1.54) is 30.0 Å². The molecule has 1 saturated heterocycles. The van der Waals surface area contributed by atoms with E-state index in [2.05, 4.69) is 45.2 Å². The van der Waals surface area contributed by atoms with Gasteiger partial charge in [-0.05, 0) is 12.8 Å². The molecule has 0 aromatic carbocycles. The number of nitrogens with one attached hydrogen (secondary N) is 1. The van der Waals surface area contributed by atoms with Gasteiger partial charge < -0.3 is 10.2 Å². The van der Waals surface area contributed by atoms with Gasteiger partial charge in [0.15, 0.2) is 5.82 Å². The summed E-state index contributed by atoms with van der Waals surface area (Å²) in [5, 5.41) is 6.94. The lowest BCUT2D eigenvalue weighted by molar-refractivity contribution is -0.120. The number of carbonyl (C=O) groups excluding carboxylic acids is 1. The van der Waals surface area contributed by atoms with E-state index in [1.807, 2.05) is 16.8 Å². The molecular formula is C19H19N11O. The van der Waals surface area contributed by atoms with Crippen molar-refractivity contribution < 1.29 is 4.79 Å². The average Bonchev–Trinajstić information content (AvgIpc) is 3.54. The summed E-state index contributed by atoms with van der Waals surface area (Å²) in [6, 6.07) is 3.56. The molecule has 1 unspecified atom stereocenters. The lowest BCUT2D eigenvalue weighted by atomic mass is 9.97. The summed E-state index contributed by atoms with van der Waals surface area (Å²) in [6.07, 6.45) is 12.8. The summed E-state index contributed by atoms with van der Waals surface area (Å²) in [5.74, 6) is 2.19. The van der Waals surface area contributed by atoms with Gasteiger partial charge in [0, 0.05) is 37.6 Å². The van der Waals surface area contributed by atoms with Gasteiger partial charge >= 0.3 is 0 Å². The van der Waals surface area contributed by atoms with E-state index in [9.17, 15) is 4.79 Å². The van der Waals surface area contributed by atoms with Crippen molar-refractivity contribution >= 4 is 17.5 Å². The molecule has 0 spiro atoms. The van der Waals surface area contributed by atoms with Crippen LogP contribution in [-0.2, 0) is 4.79 Å². The molecule has 156 valence electrons. The Balaban J connectivity index is 1.28. The van der Waals surface area contributed by atoms with Crippen LogP contribution in [0, 0.1) is 5.92 Å². The third-order valence-electron chi connectivity index (χ3n) is 5.08. The molecule has 5 rings (SSSR count). The molecular weight excluding hydrogens is 398 g/mol. The summed E-state index contributed by atoms with van der Waals surface area (Å²) >= 11 is 0. The number of imidazole rings is 1. The molecule has 0 aliphatic carbocycles. The van der Waals surface area contributed by atoms with Gasteiger partial charge in [-0.2, -0.15) is 5.10 Å². The number of carbonyl (C=O) groups is 1. The van der Waals surface area contributed by atoms with Crippen LogP contribution in [0.1, 0.15) is 12.8 Å². The largest absolute Gasteiger partial charge is 0.356 e. The Morgan fingerprint density at radius 2 is 1.84 bits per heavy atom. The molecule has 12 heteroatoms. The monoisotopic (exact) mass is 417 g/mol. The second-order valence-corrected chi connectivity index (χ2v) is 7.08. The highest BCUT2D eigenvalue weighted by Crippen LogP contribution is 2.23. The number of piperidine rings is 1. The fourth-order valence-electron chi connectivity index (χ4n) is 3.54. The van der Waals surface area contributed by atoms with E-state index in [4.69, 9.17) is 0 Å². The third-order valence-corrected chi connectivity index (χ3v) is 5.08. The van der Waals surface area contributed by atoms with Gasteiger partial charge in [-0.25, -0.2) is 34.6 Å². The molecule has 1 amide bonds. The second-order valence-electron chi connectivity index (χ2n) is 7.08. The highest BCUT2D eigenvalue weighted by Gasteiger charge is 2.27. The lowest BCUT2D eigenvalue weighted by Crippen LogP contribution is -2.41. The van der Waals surface area contributed by atoms with Crippen molar-refractivity contribution in [2.24, 2.45) is 5.92 Å². The molecule has 1 aliphatic rings. The zero-order valence-corrected chi connectivity index (χ0v) is 16.5. The molecule has 1 atom stereocenters. The molecule has 1 aliphatic heterocycles. The Bertz CT molecular complexity index is 1160. The Hall–Kier alpha value is -4.22. The zero-order valence-electron chi connectivity index (χ0n) is 16.5. The highest BCUT2D eigenvalue weighted by molar-refractivity contribution is 5.92. The molecule has 0 saturated carbocycles. The Kier molecular flexibility index (Phi) is 5.01. The lowest BCUT2D eigenvalue weighted by Gasteiger charge is -2.32. The molecule has 4 aromatic heterocycles. The summed E-state index contributed by atoms with van der Waals surface area (Å²) in [6.45, 7) is 1.39. The number of amides is 1. The van der Waals surface area contributed by atoms with Crippen LogP contribution < -0.4 is 10.2 Å². The number of hydrogen-bond donors (Lipinski definition) is 1. The molecule has 5 heterocycles. The minimum atomic E-state index is -0.190. The molecule has 0 radical (unpaired) electrons. The second kappa shape index (κ2) is 8.26. The quantitative estimate of drug-likeness (QED) is 0.502. The Labute approximate surface area is 177 Å². The summed E-state index contributed by atoms with van der Waals surface area (Å²) in [7, 11) is 0. The number of rotatable bonds is 5. The van der Waals surface area contributed by atoms with E-state index >= 15 is 0 Å². The van der Waals surface area contributed by atoms with Gasteiger partial charge in [-0.15, -0.1) is 0 Å². The van der Waals surface area contributed by atoms with Crippen LogP contribution in [0.25, 0.3) is 11.6 Å². The predicted octanol–water partition coefficient (Wildman–Crippen LogP) is 0.888. The first-order valence-electron chi connectivity index (χ1n) is 9.79. The van der Waals surface area contributed by atoms with Crippen LogP contribution >= 0.6 is 0 Å². The van der Waals surface area contributed by atoms with Gasteiger partial charge in [0.05, 0.1) is 5.92 Å². The van der Waals surface area contributed by atoms with Crippen LogP contribution in [-0.4, -0.2) is 63.2 Å². The molecule has 31 heavy (non-hydrogen) atoms. The summed E-state index contributed by atoms with van der Waals surface area (Å²) < 4.78 is 3.33. The maximum absolute atomic E-state index is 12.9. The number of nitrogens with zero attached hydrogens (tertiary/aromatic N) is 10. The van der Waals surface area contributed by atoms with Crippen molar-refractivity contribution in [1.82, 2.24) is 44.3 Å². The van der Waals surface area contributed by atoms with Gasteiger partial charge in [-0.3, -0.25) is 9.36 Å². The molecule has 12 nitrogen and oxygen atoms in total. The van der Waals surface area contributed by atoms with E-state index < -0.39 is 0 Å². The van der Waals surface area contributed by atoms with Crippen LogP contribution in [0.3, 0.4) is 0 Å². The highest BCUT2D eigenvalue weighted by atomic mass is 16.2. The van der Waals surface area contributed by atoms with Gasteiger partial charge in [-0.1, -0.05) is 0 Å². The first kappa shape index (κ1) is 18.8. The Morgan fingerprint density at radius 3 is 2.68 bits per heavy atom. The van der Waals surface area contributed by atoms with Gasteiger partial charge in [0.1, 0.15) is 49.1 Å². The fraction of sp³-hybridized carbons (Fsp3) is 0.263. The first-order chi connectivity index (χ1) is 15.3. The van der Waals surface area contributed by atoms with Gasteiger partial charge in [0.25, 0.3) is 0 Å². The number of hydrogen-bond acceptors (Lipinski definition) is 9. The summed E-state index contributed by atoms with van der Waals surface area (Å²) in [4.78, 5) is 40.0. The zero-order chi connectivity index (χ0) is 21.0. The van der Waals surface area contributed by atoms with Crippen LogP contribution in [0.15, 0.2) is 56.2 Å². The van der Waals surface area contributed by atoms with Crippen molar-refractivity contribution in [3.63, 3.8) is 0 Å². The van der Waals surface area contributed by atoms with Crippen molar-refractivity contribution in [2.75, 3.05) is 23.3 Å². The maximum Gasteiger partial charge on any atom is 0.230 e. The number of anilines is 2. The molecule has 1 N–H and O–H groups in total. The fourth-order valence-corrected chi connectivity index (χ4v) is 3.54. The van der Waals surface area contributed by atoms with Crippen LogP contribution in [0.5, 0.6) is 0 Å². The minimum absolute atomic E-state index is 0.0863. The van der Waals surface area contributed by atoms with Crippen LogP contribution in [0.2, 0.25) is 0 Å². The normalized spacial score (nSPS) is 16.3.